The third-order valence-electron chi connectivity index (χ3n) is 3.00. The molecule has 0 bridgehead atoms. The highest BCUT2D eigenvalue weighted by atomic mass is 79.9. The molecule has 0 radical (unpaired) electrons. The molecule has 0 aliphatic carbocycles. The van der Waals surface area contributed by atoms with Crippen molar-refractivity contribution in [1.29, 1.82) is 0 Å². The lowest BCUT2D eigenvalue weighted by molar-refractivity contribution is 0.426. The van der Waals surface area contributed by atoms with Crippen LogP contribution < -0.4 is 5.32 Å². The lowest BCUT2D eigenvalue weighted by Gasteiger charge is -2.16. The molecule has 2 aromatic rings. The van der Waals surface area contributed by atoms with Crippen LogP contribution in [-0.2, 0) is 6.42 Å². The fourth-order valence-electron chi connectivity index (χ4n) is 2.02. The molecule has 0 saturated heterocycles. The molecule has 2 nitrogen and oxygen atoms in total. The molecule has 1 unspecified atom stereocenters. The van der Waals surface area contributed by atoms with Gasteiger partial charge < -0.3 is 9.73 Å². The SMILES string of the molecule is CCNC(c1ccc(Cl)c(Br)c1)c1ccc(CC)o1. The number of benzene rings is 1. The Hall–Kier alpha value is -0.770. The van der Waals surface area contributed by atoms with Crippen molar-refractivity contribution in [2.75, 3.05) is 6.54 Å². The van der Waals surface area contributed by atoms with Crippen LogP contribution in [0.3, 0.4) is 0 Å². The largest absolute Gasteiger partial charge is 0.464 e. The van der Waals surface area contributed by atoms with E-state index in [9.17, 15) is 0 Å². The molecule has 19 heavy (non-hydrogen) atoms. The first-order valence-corrected chi connectivity index (χ1v) is 7.59. The quantitative estimate of drug-likeness (QED) is 0.831. The average Bonchev–Trinajstić information content (AvgIpc) is 2.88. The zero-order valence-electron chi connectivity index (χ0n) is 11.0. The summed E-state index contributed by atoms with van der Waals surface area (Å²) >= 11 is 9.51. The third kappa shape index (κ3) is 3.41. The molecule has 102 valence electrons. The topological polar surface area (TPSA) is 25.2 Å². The summed E-state index contributed by atoms with van der Waals surface area (Å²) in [6.45, 7) is 5.04. The highest BCUT2D eigenvalue weighted by Gasteiger charge is 2.17. The molecular formula is C15H17BrClNO. The van der Waals surface area contributed by atoms with Crippen molar-refractivity contribution < 1.29 is 4.42 Å². The molecule has 1 atom stereocenters. The van der Waals surface area contributed by atoms with Crippen molar-refractivity contribution in [2.45, 2.75) is 26.3 Å². The second kappa shape index (κ2) is 6.60. The molecule has 4 heteroatoms. The number of rotatable bonds is 5. The molecule has 0 spiro atoms. The van der Waals surface area contributed by atoms with Gasteiger partial charge in [0.15, 0.2) is 0 Å². The summed E-state index contributed by atoms with van der Waals surface area (Å²) in [7, 11) is 0. The standard InChI is InChI=1S/C15H17BrClNO/c1-3-11-6-8-14(19-11)15(18-4-2)10-5-7-13(17)12(16)9-10/h5-9,15,18H,3-4H2,1-2H3. The maximum atomic E-state index is 6.04. The Balaban J connectivity index is 2.35. The second-order valence-corrected chi connectivity index (χ2v) is 5.58. The first-order valence-electron chi connectivity index (χ1n) is 6.42. The Labute approximate surface area is 127 Å². The Morgan fingerprint density at radius 1 is 1.26 bits per heavy atom. The minimum absolute atomic E-state index is 0.0545. The van der Waals surface area contributed by atoms with E-state index in [4.69, 9.17) is 16.0 Å². The molecule has 0 amide bonds. The summed E-state index contributed by atoms with van der Waals surface area (Å²) in [5, 5.41) is 4.16. The number of hydrogen-bond donors (Lipinski definition) is 1. The molecule has 0 aliphatic heterocycles. The van der Waals surface area contributed by atoms with Gasteiger partial charge in [-0.1, -0.05) is 31.5 Å². The molecule has 2 rings (SSSR count). The summed E-state index contributed by atoms with van der Waals surface area (Å²) in [5.41, 5.74) is 1.13. The van der Waals surface area contributed by atoms with Crippen LogP contribution >= 0.6 is 27.5 Å². The molecule has 1 heterocycles. The molecule has 0 saturated carbocycles. The zero-order valence-corrected chi connectivity index (χ0v) is 13.4. The van der Waals surface area contributed by atoms with Gasteiger partial charge in [0, 0.05) is 10.9 Å². The van der Waals surface area contributed by atoms with Crippen LogP contribution in [0, 0.1) is 0 Å². The van der Waals surface area contributed by atoms with Gasteiger partial charge in [-0.15, -0.1) is 0 Å². The van der Waals surface area contributed by atoms with Crippen molar-refractivity contribution in [3.63, 3.8) is 0 Å². The van der Waals surface area contributed by atoms with Gasteiger partial charge in [-0.2, -0.15) is 0 Å². The van der Waals surface area contributed by atoms with Crippen molar-refractivity contribution in [3.8, 4) is 0 Å². The van der Waals surface area contributed by atoms with Crippen LogP contribution in [0.5, 0.6) is 0 Å². The average molecular weight is 343 g/mol. The van der Waals surface area contributed by atoms with Gasteiger partial charge in [0.25, 0.3) is 0 Å². The van der Waals surface area contributed by atoms with E-state index in [0.29, 0.717) is 5.02 Å². The maximum Gasteiger partial charge on any atom is 0.125 e. The van der Waals surface area contributed by atoms with E-state index in [1.807, 2.05) is 30.3 Å². The first-order chi connectivity index (χ1) is 9.15. The van der Waals surface area contributed by atoms with Gasteiger partial charge in [0.1, 0.15) is 11.5 Å². The molecule has 1 N–H and O–H groups in total. The van der Waals surface area contributed by atoms with Gasteiger partial charge in [-0.25, -0.2) is 0 Å². The van der Waals surface area contributed by atoms with Gasteiger partial charge in [0.2, 0.25) is 0 Å². The summed E-state index contributed by atoms with van der Waals surface area (Å²) < 4.78 is 6.76. The second-order valence-electron chi connectivity index (χ2n) is 4.32. The van der Waals surface area contributed by atoms with Crippen molar-refractivity contribution in [2.24, 2.45) is 0 Å². The van der Waals surface area contributed by atoms with E-state index in [1.165, 1.54) is 0 Å². The molecule has 1 aromatic carbocycles. The predicted molar refractivity (Wildman–Crippen MR) is 82.8 cm³/mol. The number of furan rings is 1. The minimum atomic E-state index is 0.0545. The van der Waals surface area contributed by atoms with E-state index >= 15 is 0 Å². The van der Waals surface area contributed by atoms with Crippen LogP contribution in [0.15, 0.2) is 39.2 Å². The van der Waals surface area contributed by atoms with Crippen LogP contribution in [0.2, 0.25) is 5.02 Å². The summed E-state index contributed by atoms with van der Waals surface area (Å²) in [6, 6.07) is 10.1. The highest BCUT2D eigenvalue weighted by Crippen LogP contribution is 2.30. The van der Waals surface area contributed by atoms with Gasteiger partial charge in [0.05, 0.1) is 11.1 Å². The molecule has 1 aromatic heterocycles. The van der Waals surface area contributed by atoms with Crippen molar-refractivity contribution in [1.82, 2.24) is 5.32 Å². The third-order valence-corrected chi connectivity index (χ3v) is 4.21. The smallest absolute Gasteiger partial charge is 0.125 e. The Kier molecular flexibility index (Phi) is 5.08. The fraction of sp³-hybridized carbons (Fsp3) is 0.333. The van der Waals surface area contributed by atoms with Gasteiger partial charge in [-0.05, 0) is 52.3 Å². The van der Waals surface area contributed by atoms with E-state index in [-0.39, 0.29) is 6.04 Å². The lowest BCUT2D eigenvalue weighted by Crippen LogP contribution is -2.21. The van der Waals surface area contributed by atoms with Crippen LogP contribution in [-0.4, -0.2) is 6.54 Å². The fourth-order valence-corrected chi connectivity index (χ4v) is 2.53. The van der Waals surface area contributed by atoms with Crippen molar-refractivity contribution >= 4 is 27.5 Å². The molecule has 0 fully saturated rings. The molecular weight excluding hydrogens is 326 g/mol. The number of nitrogens with one attached hydrogen (secondary N) is 1. The highest BCUT2D eigenvalue weighted by molar-refractivity contribution is 9.10. The van der Waals surface area contributed by atoms with Crippen LogP contribution in [0.1, 0.15) is 37.0 Å². The monoisotopic (exact) mass is 341 g/mol. The summed E-state index contributed by atoms with van der Waals surface area (Å²) in [6.07, 6.45) is 0.906. The van der Waals surface area contributed by atoms with Crippen LogP contribution in [0.25, 0.3) is 0 Å². The minimum Gasteiger partial charge on any atom is -0.464 e. The molecule has 0 aliphatic rings. The van der Waals surface area contributed by atoms with E-state index < -0.39 is 0 Å². The lowest BCUT2D eigenvalue weighted by atomic mass is 10.0. The number of halogens is 2. The Bertz CT molecular complexity index is 553. The predicted octanol–water partition coefficient (Wildman–Crippen LogP) is 4.96. The van der Waals surface area contributed by atoms with E-state index in [2.05, 4.69) is 35.1 Å². The van der Waals surface area contributed by atoms with E-state index in [0.717, 1.165) is 34.5 Å². The van der Waals surface area contributed by atoms with Gasteiger partial charge in [-0.3, -0.25) is 0 Å². The summed E-state index contributed by atoms with van der Waals surface area (Å²) in [5.74, 6) is 1.94. The van der Waals surface area contributed by atoms with E-state index in [1.54, 1.807) is 0 Å². The van der Waals surface area contributed by atoms with Crippen molar-refractivity contribution in [3.05, 3.63) is 56.9 Å². The normalized spacial score (nSPS) is 12.6. The van der Waals surface area contributed by atoms with Crippen LogP contribution in [0.4, 0.5) is 0 Å². The Morgan fingerprint density at radius 3 is 2.63 bits per heavy atom. The first kappa shape index (κ1) is 14.6. The summed E-state index contributed by atoms with van der Waals surface area (Å²) in [4.78, 5) is 0. The Morgan fingerprint density at radius 2 is 2.05 bits per heavy atom. The number of hydrogen-bond acceptors (Lipinski definition) is 2. The van der Waals surface area contributed by atoms with Gasteiger partial charge >= 0.3 is 0 Å². The maximum absolute atomic E-state index is 6.04. The number of aryl methyl sites for hydroxylation is 1. The zero-order chi connectivity index (χ0) is 13.8.